The standard InChI is InChI=1S/C21H36/c1-12-9-10-18-19-11-16-7-5-6-8-17(16)14(3)21(19)15(4)20(18)13(12)2/h12-21H,5-11H2,1-4H3/t12?,13?,14?,15?,16-,17+,18?,19?,20?,21?/m1/s1. The van der Waals surface area contributed by atoms with Gasteiger partial charge < -0.3 is 0 Å². The molecule has 0 aromatic rings. The van der Waals surface area contributed by atoms with E-state index in [1.54, 1.807) is 25.7 Å². The average molecular weight is 289 g/mol. The van der Waals surface area contributed by atoms with E-state index >= 15 is 0 Å². The van der Waals surface area contributed by atoms with Gasteiger partial charge in [0.2, 0.25) is 0 Å². The van der Waals surface area contributed by atoms with Crippen LogP contribution in [0.3, 0.4) is 0 Å². The van der Waals surface area contributed by atoms with E-state index in [1.807, 2.05) is 0 Å². The molecule has 0 radical (unpaired) electrons. The Balaban J connectivity index is 1.63. The van der Waals surface area contributed by atoms with Gasteiger partial charge in [-0.2, -0.15) is 0 Å². The van der Waals surface area contributed by atoms with E-state index < -0.39 is 0 Å². The summed E-state index contributed by atoms with van der Waals surface area (Å²) >= 11 is 0. The molecule has 0 heteroatoms. The molecule has 0 amide bonds. The van der Waals surface area contributed by atoms with Crippen LogP contribution in [0.1, 0.15) is 72.6 Å². The molecular weight excluding hydrogens is 252 g/mol. The normalized spacial score (nSPS) is 60.0. The molecule has 21 heavy (non-hydrogen) atoms. The second-order valence-electron chi connectivity index (χ2n) is 9.56. The summed E-state index contributed by atoms with van der Waals surface area (Å²) in [7, 11) is 0. The van der Waals surface area contributed by atoms with Crippen LogP contribution in [0.5, 0.6) is 0 Å². The molecule has 4 rings (SSSR count). The van der Waals surface area contributed by atoms with Crippen LogP contribution in [0, 0.1) is 59.2 Å². The van der Waals surface area contributed by atoms with Gasteiger partial charge in [0.25, 0.3) is 0 Å². The molecule has 10 atom stereocenters. The molecular formula is C21H36. The second kappa shape index (κ2) is 5.27. The maximum atomic E-state index is 2.65. The third kappa shape index (κ3) is 2.07. The lowest BCUT2D eigenvalue weighted by molar-refractivity contribution is 0.00804. The van der Waals surface area contributed by atoms with Crippen LogP contribution < -0.4 is 0 Å². The fourth-order valence-electron chi connectivity index (χ4n) is 8.04. The molecule has 4 saturated carbocycles. The average Bonchev–Trinajstić information content (AvgIpc) is 2.77. The largest absolute Gasteiger partial charge is 0.0622 e. The van der Waals surface area contributed by atoms with Crippen molar-refractivity contribution in [3.8, 4) is 0 Å². The molecule has 0 aromatic heterocycles. The maximum Gasteiger partial charge on any atom is -0.0326 e. The summed E-state index contributed by atoms with van der Waals surface area (Å²) in [5.74, 6) is 10.5. The van der Waals surface area contributed by atoms with Gasteiger partial charge in [-0.05, 0) is 78.4 Å². The third-order valence-corrected chi connectivity index (χ3v) is 9.04. The first kappa shape index (κ1) is 14.6. The number of fused-ring (bicyclic) bond motifs is 4. The van der Waals surface area contributed by atoms with Crippen molar-refractivity contribution in [1.29, 1.82) is 0 Å². The van der Waals surface area contributed by atoms with Crippen LogP contribution in [0.15, 0.2) is 0 Å². The molecule has 120 valence electrons. The third-order valence-electron chi connectivity index (χ3n) is 9.04. The Morgan fingerprint density at radius 3 is 2.10 bits per heavy atom. The van der Waals surface area contributed by atoms with Crippen molar-refractivity contribution in [2.75, 3.05) is 0 Å². The molecule has 0 aromatic carbocycles. The van der Waals surface area contributed by atoms with Gasteiger partial charge in [0.15, 0.2) is 0 Å². The minimum atomic E-state index is 0.978. The van der Waals surface area contributed by atoms with E-state index in [0.717, 1.165) is 59.2 Å². The zero-order chi connectivity index (χ0) is 14.7. The van der Waals surface area contributed by atoms with Crippen LogP contribution >= 0.6 is 0 Å². The quantitative estimate of drug-likeness (QED) is 0.512. The Hall–Kier alpha value is 0. The van der Waals surface area contributed by atoms with Crippen molar-refractivity contribution in [3.63, 3.8) is 0 Å². The van der Waals surface area contributed by atoms with Crippen LogP contribution in [0.4, 0.5) is 0 Å². The summed E-state index contributed by atoms with van der Waals surface area (Å²) in [6, 6.07) is 0. The first-order valence-electron chi connectivity index (χ1n) is 10.1. The van der Waals surface area contributed by atoms with Crippen molar-refractivity contribution >= 4 is 0 Å². The predicted octanol–water partition coefficient (Wildman–Crippen LogP) is 6.01. The number of hydrogen-bond donors (Lipinski definition) is 0. The van der Waals surface area contributed by atoms with Gasteiger partial charge in [0.05, 0.1) is 0 Å². The van der Waals surface area contributed by atoms with Gasteiger partial charge in [-0.25, -0.2) is 0 Å². The lowest BCUT2D eigenvalue weighted by Gasteiger charge is -2.48. The van der Waals surface area contributed by atoms with E-state index in [1.165, 1.54) is 19.3 Å². The van der Waals surface area contributed by atoms with Crippen molar-refractivity contribution < 1.29 is 0 Å². The van der Waals surface area contributed by atoms with Crippen molar-refractivity contribution in [2.45, 2.75) is 72.6 Å². The Morgan fingerprint density at radius 2 is 1.29 bits per heavy atom. The summed E-state index contributed by atoms with van der Waals surface area (Å²) in [4.78, 5) is 0. The second-order valence-corrected chi connectivity index (χ2v) is 9.56. The molecule has 0 bridgehead atoms. The van der Waals surface area contributed by atoms with E-state index in [9.17, 15) is 0 Å². The Kier molecular flexibility index (Phi) is 3.66. The van der Waals surface area contributed by atoms with Gasteiger partial charge in [0, 0.05) is 0 Å². The molecule has 4 fully saturated rings. The van der Waals surface area contributed by atoms with Gasteiger partial charge in [-0.3, -0.25) is 0 Å². The highest BCUT2D eigenvalue weighted by Gasteiger charge is 2.57. The zero-order valence-corrected chi connectivity index (χ0v) is 14.7. The minimum absolute atomic E-state index is 0.978. The van der Waals surface area contributed by atoms with Crippen molar-refractivity contribution in [2.24, 2.45) is 59.2 Å². The Labute approximate surface area is 132 Å². The summed E-state index contributed by atoms with van der Waals surface area (Å²) in [5, 5.41) is 0. The molecule has 0 N–H and O–H groups in total. The Bertz CT molecular complexity index is 385. The molecule has 4 aliphatic carbocycles. The number of hydrogen-bond acceptors (Lipinski definition) is 0. The molecule has 4 aliphatic rings. The highest BCUT2D eigenvalue weighted by Crippen LogP contribution is 2.64. The first-order valence-corrected chi connectivity index (χ1v) is 10.1. The topological polar surface area (TPSA) is 0 Å². The van der Waals surface area contributed by atoms with E-state index in [4.69, 9.17) is 0 Å². The van der Waals surface area contributed by atoms with E-state index in [-0.39, 0.29) is 0 Å². The fraction of sp³-hybridized carbons (Fsp3) is 1.00. The van der Waals surface area contributed by atoms with E-state index in [2.05, 4.69) is 27.7 Å². The van der Waals surface area contributed by atoms with Crippen LogP contribution in [-0.2, 0) is 0 Å². The van der Waals surface area contributed by atoms with Gasteiger partial charge in [-0.1, -0.05) is 53.4 Å². The summed E-state index contributed by atoms with van der Waals surface area (Å²) < 4.78 is 0. The molecule has 0 aliphatic heterocycles. The molecule has 0 spiro atoms. The van der Waals surface area contributed by atoms with Crippen molar-refractivity contribution in [1.82, 2.24) is 0 Å². The zero-order valence-electron chi connectivity index (χ0n) is 14.7. The van der Waals surface area contributed by atoms with E-state index in [0.29, 0.717) is 0 Å². The summed E-state index contributed by atoms with van der Waals surface area (Å²) in [5.41, 5.74) is 0. The lowest BCUT2D eigenvalue weighted by atomic mass is 9.57. The minimum Gasteiger partial charge on any atom is -0.0622 e. The lowest BCUT2D eigenvalue weighted by Crippen LogP contribution is -2.41. The van der Waals surface area contributed by atoms with Gasteiger partial charge in [0.1, 0.15) is 0 Å². The Morgan fingerprint density at radius 1 is 0.571 bits per heavy atom. The fourth-order valence-corrected chi connectivity index (χ4v) is 8.04. The van der Waals surface area contributed by atoms with Crippen LogP contribution in [-0.4, -0.2) is 0 Å². The summed E-state index contributed by atoms with van der Waals surface area (Å²) in [6.45, 7) is 10.4. The predicted molar refractivity (Wildman–Crippen MR) is 89.9 cm³/mol. The molecule has 0 heterocycles. The number of rotatable bonds is 0. The molecule has 8 unspecified atom stereocenters. The molecule has 0 nitrogen and oxygen atoms in total. The smallest absolute Gasteiger partial charge is 0.0326 e. The SMILES string of the molecule is CC1CCC2C3C[C@H]4CCCC[C@H]4C(C)C3C(C)C2C1C. The van der Waals surface area contributed by atoms with Crippen LogP contribution in [0.25, 0.3) is 0 Å². The highest BCUT2D eigenvalue weighted by molar-refractivity contribution is 5.05. The highest BCUT2D eigenvalue weighted by atomic mass is 14.6. The maximum absolute atomic E-state index is 2.65. The monoisotopic (exact) mass is 288 g/mol. The van der Waals surface area contributed by atoms with Crippen molar-refractivity contribution in [3.05, 3.63) is 0 Å². The van der Waals surface area contributed by atoms with Gasteiger partial charge >= 0.3 is 0 Å². The summed E-state index contributed by atoms with van der Waals surface area (Å²) in [6.07, 6.45) is 10.9. The van der Waals surface area contributed by atoms with Gasteiger partial charge in [-0.15, -0.1) is 0 Å². The van der Waals surface area contributed by atoms with Crippen LogP contribution in [0.2, 0.25) is 0 Å². The first-order chi connectivity index (χ1) is 10.1. The molecule has 0 saturated heterocycles.